The first-order valence-corrected chi connectivity index (χ1v) is 3.73. The molecule has 0 radical (unpaired) electrons. The number of aliphatic imine (C=N–C) groups is 1. The van der Waals surface area contributed by atoms with E-state index in [9.17, 15) is 0 Å². The normalized spacial score (nSPS) is 9.64. The second kappa shape index (κ2) is 9.11. The van der Waals surface area contributed by atoms with Crippen LogP contribution in [0.4, 0.5) is 0 Å². The Morgan fingerprint density at radius 1 is 1.55 bits per heavy atom. The van der Waals surface area contributed by atoms with Gasteiger partial charge in [0, 0.05) is 6.54 Å². The minimum absolute atomic E-state index is 0.427. The molecular weight excluding hydrogens is 136 g/mol. The van der Waals surface area contributed by atoms with Crippen LogP contribution in [0.1, 0.15) is 20.8 Å². The fourth-order valence-electron chi connectivity index (χ4n) is 0.454. The summed E-state index contributed by atoms with van der Waals surface area (Å²) in [7, 11) is 0. The minimum Gasteiger partial charge on any atom is -0.325 e. The molecule has 11 heavy (non-hydrogen) atoms. The van der Waals surface area contributed by atoms with Crippen molar-refractivity contribution < 1.29 is 0 Å². The Balaban J connectivity index is 0. The molecule has 2 nitrogen and oxygen atoms in total. The van der Waals surface area contributed by atoms with E-state index in [-0.39, 0.29) is 0 Å². The molecule has 0 aromatic carbocycles. The summed E-state index contributed by atoms with van der Waals surface area (Å²) in [6.45, 7) is 13.3. The van der Waals surface area contributed by atoms with Crippen LogP contribution in [0.2, 0.25) is 0 Å². The van der Waals surface area contributed by atoms with Crippen molar-refractivity contribution in [3.8, 4) is 0 Å². The molecule has 2 heteroatoms. The molecule has 0 atom stereocenters. The Bertz CT molecular complexity index is 146. The summed E-state index contributed by atoms with van der Waals surface area (Å²) in [5, 5.41) is 0. The number of rotatable bonds is 3. The van der Waals surface area contributed by atoms with Gasteiger partial charge in [0.05, 0.1) is 5.70 Å². The summed E-state index contributed by atoms with van der Waals surface area (Å²) in [5.41, 5.74) is 7.02. The molecule has 0 aromatic rings. The highest BCUT2D eigenvalue weighted by molar-refractivity contribution is 5.31. The molecule has 0 saturated carbocycles. The zero-order valence-corrected chi connectivity index (χ0v) is 7.72. The van der Waals surface area contributed by atoms with Gasteiger partial charge in [0.2, 0.25) is 0 Å². The summed E-state index contributed by atoms with van der Waals surface area (Å²) >= 11 is 0. The average Bonchev–Trinajstić information content (AvgIpc) is 2.03. The van der Waals surface area contributed by atoms with Gasteiger partial charge >= 0.3 is 0 Å². The predicted molar refractivity (Wildman–Crippen MR) is 52.8 cm³/mol. The third-order valence-corrected chi connectivity index (χ3v) is 0.825. The maximum absolute atomic E-state index is 5.29. The van der Waals surface area contributed by atoms with Gasteiger partial charge in [0.15, 0.2) is 0 Å². The smallest absolute Gasteiger partial charge is 0.0534 e. The van der Waals surface area contributed by atoms with Crippen molar-refractivity contribution in [2.45, 2.75) is 20.8 Å². The van der Waals surface area contributed by atoms with E-state index in [1.165, 1.54) is 0 Å². The summed E-state index contributed by atoms with van der Waals surface area (Å²) in [4.78, 5) is 3.67. The molecule has 0 unspecified atom stereocenters. The van der Waals surface area contributed by atoms with E-state index in [4.69, 9.17) is 5.73 Å². The third kappa shape index (κ3) is 9.11. The van der Waals surface area contributed by atoms with Gasteiger partial charge in [-0.2, -0.15) is 0 Å². The highest BCUT2D eigenvalue weighted by Gasteiger charge is 1.85. The van der Waals surface area contributed by atoms with E-state index >= 15 is 0 Å². The molecule has 0 aromatic heterocycles. The summed E-state index contributed by atoms with van der Waals surface area (Å²) in [6.07, 6.45) is 1.81. The van der Waals surface area contributed by atoms with Gasteiger partial charge in [0.25, 0.3) is 0 Å². The van der Waals surface area contributed by atoms with Gasteiger partial charge < -0.3 is 5.73 Å². The van der Waals surface area contributed by atoms with E-state index in [1.807, 2.05) is 26.8 Å². The quantitative estimate of drug-likeness (QED) is 0.491. The maximum atomic E-state index is 5.29. The molecule has 0 aliphatic carbocycles. The fourth-order valence-corrected chi connectivity index (χ4v) is 0.454. The van der Waals surface area contributed by atoms with Crippen molar-refractivity contribution in [3.05, 3.63) is 23.9 Å². The molecule has 0 spiro atoms. The van der Waals surface area contributed by atoms with Gasteiger partial charge in [-0.1, -0.05) is 26.0 Å². The largest absolute Gasteiger partial charge is 0.325 e. The molecule has 0 aliphatic rings. The van der Waals surface area contributed by atoms with Crippen LogP contribution in [-0.4, -0.2) is 13.3 Å². The van der Waals surface area contributed by atoms with Crippen molar-refractivity contribution in [3.63, 3.8) is 0 Å². The van der Waals surface area contributed by atoms with Gasteiger partial charge in [-0.3, -0.25) is 4.99 Å². The lowest BCUT2D eigenvalue weighted by atomic mass is 10.3. The zero-order valence-electron chi connectivity index (χ0n) is 7.72. The van der Waals surface area contributed by atoms with Crippen molar-refractivity contribution in [2.24, 2.45) is 10.7 Å². The molecule has 0 fully saturated rings. The minimum atomic E-state index is 0.427. The number of allylic oxidation sites excluding steroid dienone is 2. The lowest BCUT2D eigenvalue weighted by Crippen LogP contribution is -2.00. The number of hydrogen-bond acceptors (Lipinski definition) is 2. The maximum Gasteiger partial charge on any atom is 0.0534 e. The Morgan fingerprint density at radius 2 is 2.00 bits per heavy atom. The van der Waals surface area contributed by atoms with Crippen molar-refractivity contribution in [2.75, 3.05) is 6.54 Å². The highest BCUT2D eigenvalue weighted by atomic mass is 14.7. The molecular formula is C9H18N2. The zero-order chi connectivity index (χ0) is 9.28. The van der Waals surface area contributed by atoms with Crippen molar-refractivity contribution >= 4 is 6.72 Å². The van der Waals surface area contributed by atoms with E-state index < -0.39 is 0 Å². The fraction of sp³-hybridized carbons (Fsp3) is 0.444. The Morgan fingerprint density at radius 3 is 2.09 bits per heavy atom. The predicted octanol–water partition coefficient (Wildman–Crippen LogP) is 2.13. The molecule has 0 bridgehead atoms. The first kappa shape index (κ1) is 12.8. The lowest BCUT2D eigenvalue weighted by Gasteiger charge is -1.93. The van der Waals surface area contributed by atoms with Gasteiger partial charge in [-0.25, -0.2) is 0 Å². The standard InChI is InChI=1S/C7H12N2.C2H6/c1-6(2)4-7(5-8)9-3;1-2/h4H,1,3,5,8H2,2H3;1-2H3/b7-4-;. The van der Waals surface area contributed by atoms with Crippen molar-refractivity contribution in [1.29, 1.82) is 0 Å². The number of nitrogens with two attached hydrogens (primary N) is 1. The van der Waals surface area contributed by atoms with Crippen LogP contribution in [0.25, 0.3) is 0 Å². The van der Waals surface area contributed by atoms with E-state index in [0.29, 0.717) is 6.54 Å². The van der Waals surface area contributed by atoms with Crippen LogP contribution in [0, 0.1) is 0 Å². The average molecular weight is 154 g/mol. The Kier molecular flexibility index (Phi) is 10.6. The Labute approximate surface area is 69.5 Å². The molecule has 0 aliphatic heterocycles. The summed E-state index contributed by atoms with van der Waals surface area (Å²) in [6, 6.07) is 0. The SMILES string of the molecule is C=N/C(=C\C(=C)C)CN.CC. The second-order valence-corrected chi connectivity index (χ2v) is 1.84. The first-order valence-electron chi connectivity index (χ1n) is 3.73. The van der Waals surface area contributed by atoms with Crippen LogP contribution in [0.15, 0.2) is 28.9 Å². The summed E-state index contributed by atoms with van der Waals surface area (Å²) in [5.74, 6) is 0. The monoisotopic (exact) mass is 154 g/mol. The lowest BCUT2D eigenvalue weighted by molar-refractivity contribution is 1.11. The Hall–Kier alpha value is -0.890. The van der Waals surface area contributed by atoms with Crippen LogP contribution in [-0.2, 0) is 0 Å². The first-order chi connectivity index (χ1) is 5.20. The topological polar surface area (TPSA) is 38.4 Å². The number of nitrogens with zero attached hydrogens (tertiary/aromatic N) is 1. The molecule has 0 heterocycles. The van der Waals surface area contributed by atoms with Crippen LogP contribution < -0.4 is 5.73 Å². The van der Waals surface area contributed by atoms with E-state index in [0.717, 1.165) is 11.3 Å². The van der Waals surface area contributed by atoms with Crippen molar-refractivity contribution in [1.82, 2.24) is 0 Å². The molecule has 0 rings (SSSR count). The second-order valence-electron chi connectivity index (χ2n) is 1.84. The third-order valence-electron chi connectivity index (χ3n) is 0.825. The molecule has 64 valence electrons. The van der Waals surface area contributed by atoms with Gasteiger partial charge in [-0.15, -0.1) is 0 Å². The highest BCUT2D eigenvalue weighted by Crippen LogP contribution is 1.97. The van der Waals surface area contributed by atoms with Crippen LogP contribution in [0.3, 0.4) is 0 Å². The molecule has 0 amide bonds. The van der Waals surface area contributed by atoms with Crippen LogP contribution >= 0.6 is 0 Å². The number of hydrogen-bond donors (Lipinski definition) is 1. The summed E-state index contributed by atoms with van der Waals surface area (Å²) < 4.78 is 0. The van der Waals surface area contributed by atoms with Gasteiger partial charge in [0.1, 0.15) is 0 Å². The van der Waals surface area contributed by atoms with Gasteiger partial charge in [-0.05, 0) is 19.7 Å². The molecule has 0 saturated heterocycles. The van der Waals surface area contributed by atoms with Crippen LogP contribution in [0.5, 0.6) is 0 Å². The van der Waals surface area contributed by atoms with E-state index in [1.54, 1.807) is 0 Å². The molecule has 2 N–H and O–H groups in total. The van der Waals surface area contributed by atoms with E-state index in [2.05, 4.69) is 18.3 Å².